The van der Waals surface area contributed by atoms with E-state index in [0.717, 1.165) is 6.54 Å². The van der Waals surface area contributed by atoms with Crippen molar-refractivity contribution in [3.8, 4) is 0 Å². The lowest BCUT2D eigenvalue weighted by Gasteiger charge is -2.20. The molecule has 1 heterocycles. The van der Waals surface area contributed by atoms with Gasteiger partial charge in [0, 0.05) is 14.6 Å². The van der Waals surface area contributed by atoms with Crippen LogP contribution in [0.3, 0.4) is 0 Å². The monoisotopic (exact) mass is 291 g/mol. The Morgan fingerprint density at radius 1 is 1.26 bits per heavy atom. The average Bonchev–Trinajstić information content (AvgIpc) is 2.75. The van der Waals surface area contributed by atoms with E-state index in [4.69, 9.17) is 0 Å². The Morgan fingerprint density at radius 2 is 2.00 bits per heavy atom. The normalized spacial score (nSPS) is 12.6. The first-order valence-corrected chi connectivity index (χ1v) is 8.64. The fourth-order valence-corrected chi connectivity index (χ4v) is 4.17. The van der Waals surface area contributed by atoms with Crippen LogP contribution in [0.5, 0.6) is 0 Å². The summed E-state index contributed by atoms with van der Waals surface area (Å²) in [6.07, 6.45) is 2.15. The predicted molar refractivity (Wildman–Crippen MR) is 87.5 cm³/mol. The van der Waals surface area contributed by atoms with Gasteiger partial charge in [-0.15, -0.1) is 23.1 Å². The van der Waals surface area contributed by atoms with E-state index < -0.39 is 0 Å². The average molecular weight is 291 g/mol. The van der Waals surface area contributed by atoms with Gasteiger partial charge in [0.15, 0.2) is 0 Å². The van der Waals surface area contributed by atoms with Crippen molar-refractivity contribution in [3.05, 3.63) is 51.2 Å². The third-order valence-electron chi connectivity index (χ3n) is 3.20. The number of benzene rings is 1. The molecule has 0 saturated heterocycles. The molecule has 2 aromatic rings. The molecule has 2 rings (SSSR count). The number of nitrogens with one attached hydrogen (secondary N) is 1. The fraction of sp³-hybridized carbons (Fsp3) is 0.375. The molecule has 0 aliphatic carbocycles. The van der Waals surface area contributed by atoms with Crippen LogP contribution in [0.2, 0.25) is 0 Å². The zero-order chi connectivity index (χ0) is 13.8. The van der Waals surface area contributed by atoms with Crippen LogP contribution in [-0.4, -0.2) is 12.8 Å². The second kappa shape index (κ2) is 6.60. The Morgan fingerprint density at radius 3 is 2.58 bits per heavy atom. The van der Waals surface area contributed by atoms with E-state index in [1.165, 1.54) is 25.8 Å². The van der Waals surface area contributed by atoms with Crippen molar-refractivity contribution < 1.29 is 0 Å². The summed E-state index contributed by atoms with van der Waals surface area (Å²) in [5.74, 6) is 0. The summed E-state index contributed by atoms with van der Waals surface area (Å²) < 4.78 is 0. The highest BCUT2D eigenvalue weighted by atomic mass is 32.2. The summed E-state index contributed by atoms with van der Waals surface area (Å²) in [5, 5.41) is 3.64. The molecule has 0 fully saturated rings. The third-order valence-corrected chi connectivity index (χ3v) is 5.23. The van der Waals surface area contributed by atoms with Crippen molar-refractivity contribution in [2.75, 3.05) is 12.8 Å². The molecule has 0 bridgehead atoms. The molecular weight excluding hydrogens is 270 g/mol. The van der Waals surface area contributed by atoms with Crippen molar-refractivity contribution in [2.24, 2.45) is 0 Å². The zero-order valence-corrected chi connectivity index (χ0v) is 13.6. The summed E-state index contributed by atoms with van der Waals surface area (Å²) in [5.41, 5.74) is 2.78. The van der Waals surface area contributed by atoms with Gasteiger partial charge in [-0.2, -0.15) is 0 Å². The number of hydrogen-bond acceptors (Lipinski definition) is 3. The highest BCUT2D eigenvalue weighted by Gasteiger charge is 2.19. The van der Waals surface area contributed by atoms with Crippen LogP contribution in [0.15, 0.2) is 35.2 Å². The van der Waals surface area contributed by atoms with Gasteiger partial charge >= 0.3 is 0 Å². The smallest absolute Gasteiger partial charge is 0.0684 e. The van der Waals surface area contributed by atoms with E-state index in [1.807, 2.05) is 23.1 Å². The van der Waals surface area contributed by atoms with Gasteiger partial charge in [0.05, 0.1) is 6.04 Å². The lowest BCUT2D eigenvalue weighted by molar-refractivity contribution is 0.629. The second-order valence-electron chi connectivity index (χ2n) is 4.64. The summed E-state index contributed by atoms with van der Waals surface area (Å²) in [6.45, 7) is 7.55. The van der Waals surface area contributed by atoms with Gasteiger partial charge in [-0.25, -0.2) is 0 Å². The summed E-state index contributed by atoms with van der Waals surface area (Å²) in [6, 6.07) is 11.3. The third kappa shape index (κ3) is 3.22. The molecule has 3 heteroatoms. The molecule has 0 aliphatic rings. The molecule has 0 amide bonds. The van der Waals surface area contributed by atoms with Crippen LogP contribution < -0.4 is 5.32 Å². The fourth-order valence-electron chi connectivity index (χ4n) is 2.40. The molecule has 19 heavy (non-hydrogen) atoms. The maximum absolute atomic E-state index is 3.64. The van der Waals surface area contributed by atoms with Crippen LogP contribution in [0, 0.1) is 13.8 Å². The van der Waals surface area contributed by atoms with Gasteiger partial charge in [-0.05, 0) is 49.9 Å². The van der Waals surface area contributed by atoms with Crippen molar-refractivity contribution in [2.45, 2.75) is 31.7 Å². The Kier molecular flexibility index (Phi) is 5.08. The first kappa shape index (κ1) is 14.6. The molecule has 1 aromatic carbocycles. The molecule has 1 unspecified atom stereocenters. The number of hydrogen-bond donors (Lipinski definition) is 1. The van der Waals surface area contributed by atoms with Gasteiger partial charge in [0.1, 0.15) is 0 Å². The molecule has 0 saturated carbocycles. The topological polar surface area (TPSA) is 12.0 Å². The first-order valence-electron chi connectivity index (χ1n) is 6.60. The lowest BCUT2D eigenvalue weighted by Crippen LogP contribution is -2.22. The van der Waals surface area contributed by atoms with E-state index in [9.17, 15) is 0 Å². The molecule has 1 nitrogen and oxygen atoms in total. The largest absolute Gasteiger partial charge is 0.306 e. The van der Waals surface area contributed by atoms with Gasteiger partial charge < -0.3 is 5.32 Å². The Hall–Kier alpha value is -0.770. The van der Waals surface area contributed by atoms with Crippen molar-refractivity contribution in [3.63, 3.8) is 0 Å². The highest BCUT2D eigenvalue weighted by Crippen LogP contribution is 2.35. The van der Waals surface area contributed by atoms with Crippen LogP contribution in [-0.2, 0) is 0 Å². The maximum atomic E-state index is 3.64. The SMILES string of the molecule is CCNC(c1ccccc1SC)c1sc(C)cc1C. The van der Waals surface area contributed by atoms with E-state index in [2.05, 4.69) is 62.7 Å². The minimum Gasteiger partial charge on any atom is -0.306 e. The first-order chi connectivity index (χ1) is 9.17. The number of thiophene rings is 1. The van der Waals surface area contributed by atoms with Crippen molar-refractivity contribution in [1.29, 1.82) is 0 Å². The maximum Gasteiger partial charge on any atom is 0.0684 e. The Labute approximate surface area is 124 Å². The molecule has 0 spiro atoms. The minimum absolute atomic E-state index is 0.312. The number of thioether (sulfide) groups is 1. The minimum atomic E-state index is 0.312. The highest BCUT2D eigenvalue weighted by molar-refractivity contribution is 7.98. The van der Waals surface area contributed by atoms with Crippen LogP contribution >= 0.6 is 23.1 Å². The zero-order valence-electron chi connectivity index (χ0n) is 12.0. The Bertz CT molecular complexity index is 545. The van der Waals surface area contributed by atoms with E-state index >= 15 is 0 Å². The van der Waals surface area contributed by atoms with Gasteiger partial charge in [-0.3, -0.25) is 0 Å². The molecular formula is C16H21NS2. The van der Waals surface area contributed by atoms with E-state index in [1.54, 1.807) is 0 Å². The second-order valence-corrected chi connectivity index (χ2v) is 6.77. The standard InChI is InChI=1S/C16H21NS2/c1-5-17-15(16-11(2)10-12(3)19-16)13-8-6-7-9-14(13)18-4/h6-10,15,17H,5H2,1-4H3. The van der Waals surface area contributed by atoms with Gasteiger partial charge in [-0.1, -0.05) is 25.1 Å². The predicted octanol–water partition coefficient (Wildman–Crippen LogP) is 4.79. The summed E-state index contributed by atoms with van der Waals surface area (Å²) >= 11 is 3.73. The molecule has 102 valence electrons. The number of aryl methyl sites for hydroxylation is 2. The van der Waals surface area contributed by atoms with E-state index in [-0.39, 0.29) is 0 Å². The molecule has 0 radical (unpaired) electrons. The van der Waals surface area contributed by atoms with E-state index in [0.29, 0.717) is 6.04 Å². The summed E-state index contributed by atoms with van der Waals surface area (Å²) in [7, 11) is 0. The van der Waals surface area contributed by atoms with Crippen LogP contribution in [0.25, 0.3) is 0 Å². The van der Waals surface area contributed by atoms with Crippen molar-refractivity contribution >= 4 is 23.1 Å². The molecule has 1 N–H and O–H groups in total. The van der Waals surface area contributed by atoms with Crippen molar-refractivity contribution in [1.82, 2.24) is 5.32 Å². The summed E-state index contributed by atoms with van der Waals surface area (Å²) in [4.78, 5) is 4.19. The molecule has 1 aromatic heterocycles. The quantitative estimate of drug-likeness (QED) is 0.795. The number of rotatable bonds is 5. The van der Waals surface area contributed by atoms with Crippen LogP contribution in [0.1, 0.15) is 33.8 Å². The molecule has 0 aliphatic heterocycles. The van der Waals surface area contributed by atoms with Crippen LogP contribution in [0.4, 0.5) is 0 Å². The molecule has 1 atom stereocenters. The Balaban J connectivity index is 2.48. The van der Waals surface area contributed by atoms with Gasteiger partial charge in [0.25, 0.3) is 0 Å². The van der Waals surface area contributed by atoms with Gasteiger partial charge in [0.2, 0.25) is 0 Å². The lowest BCUT2D eigenvalue weighted by atomic mass is 10.0.